The summed E-state index contributed by atoms with van der Waals surface area (Å²) in [7, 11) is 0. The van der Waals surface area contributed by atoms with Crippen LogP contribution in [0.5, 0.6) is 0 Å². The molecule has 0 saturated heterocycles. The Hall–Kier alpha value is 0.680. The molecule has 0 spiro atoms. The molecule has 0 bridgehead atoms. The summed E-state index contributed by atoms with van der Waals surface area (Å²) in [6.45, 7) is 0. The summed E-state index contributed by atoms with van der Waals surface area (Å²) in [4.78, 5) is 11.1. The molecule has 52 valence electrons. The van der Waals surface area contributed by atoms with E-state index in [4.69, 9.17) is 0 Å². The molecule has 0 aromatic heterocycles. The summed E-state index contributed by atoms with van der Waals surface area (Å²) in [5.41, 5.74) is 1.17. The summed E-state index contributed by atoms with van der Waals surface area (Å²) in [5, 5.41) is 0. The van der Waals surface area contributed by atoms with E-state index in [1.54, 1.807) is 0 Å². The number of carbonyl (C=O) groups excluding carboxylic acids is 1. The predicted molar refractivity (Wildman–Crippen MR) is 46.7 cm³/mol. The van der Waals surface area contributed by atoms with Gasteiger partial charge in [-0.2, -0.15) is 0 Å². The quantitative estimate of drug-likeness (QED) is 0.733. The fraction of sp³-hybridized carbons (Fsp3) is 0.125. The van der Waals surface area contributed by atoms with Crippen molar-refractivity contribution < 1.29 is 4.79 Å². The van der Waals surface area contributed by atoms with Crippen LogP contribution in [-0.2, 0) is 11.2 Å². The van der Waals surface area contributed by atoms with Crippen LogP contribution in [0.25, 0.3) is 0 Å². The van der Waals surface area contributed by atoms with Crippen molar-refractivity contribution in [2.24, 2.45) is 0 Å². The van der Waals surface area contributed by atoms with E-state index in [2.05, 4.69) is 0 Å². The van der Waals surface area contributed by atoms with Crippen molar-refractivity contribution in [1.29, 1.82) is 0 Å². The van der Waals surface area contributed by atoms with Crippen molar-refractivity contribution in [3.63, 3.8) is 0 Å². The van der Waals surface area contributed by atoms with Gasteiger partial charge in [-0.05, 0) is 0 Å². The van der Waals surface area contributed by atoms with Crippen molar-refractivity contribution >= 4 is 42.9 Å². The molecule has 0 atom stereocenters. The van der Waals surface area contributed by atoms with Crippen molar-refractivity contribution in [1.82, 2.24) is 0 Å². The Morgan fingerprint density at radius 1 is 1.36 bits per heavy atom. The van der Waals surface area contributed by atoms with Gasteiger partial charge in [-0.1, -0.05) is 0 Å². The zero-order valence-electron chi connectivity index (χ0n) is 6.41. The molecule has 1 aromatic rings. The van der Waals surface area contributed by atoms with Crippen LogP contribution in [0.1, 0.15) is 5.56 Å². The molecule has 0 fully saturated rings. The van der Waals surface area contributed by atoms with Gasteiger partial charge < -0.3 is 0 Å². The minimum atomic E-state index is -0.236. The SMILES string of the molecule is O=C(Cc1ccccc1)[Te][Na]. The van der Waals surface area contributed by atoms with Crippen molar-refractivity contribution in [2.75, 3.05) is 0 Å². The zero-order chi connectivity index (χ0) is 8.10. The van der Waals surface area contributed by atoms with Gasteiger partial charge in [-0.3, -0.25) is 0 Å². The summed E-state index contributed by atoms with van der Waals surface area (Å²) < 4.78 is 0.494. The number of carbonyl (C=O) groups is 1. The van der Waals surface area contributed by atoms with Crippen LogP contribution in [0.4, 0.5) is 0 Å². The molecule has 1 nitrogen and oxygen atoms in total. The average Bonchev–Trinajstić information content (AvgIpc) is 2.06. The molecular weight excluding hydrogens is 263 g/mol. The van der Waals surface area contributed by atoms with Crippen LogP contribution < -0.4 is 0 Å². The number of rotatable bonds is 3. The van der Waals surface area contributed by atoms with E-state index in [1.165, 1.54) is 5.56 Å². The second-order valence-corrected chi connectivity index (χ2v) is 7.44. The molecule has 0 heterocycles. The standard InChI is InChI=1S/C8H8OTe.Na/c9-8(10)6-7-4-2-1-3-5-7;/h1-5H,6H2,(H,9,10);/q;+1/p-1. The molecule has 0 aliphatic heterocycles. The normalized spacial score (nSPS) is 9.64. The molecule has 1 aromatic carbocycles. The minimum absolute atomic E-state index is 0.236. The van der Waals surface area contributed by atoms with Crippen molar-refractivity contribution in [2.45, 2.75) is 6.42 Å². The summed E-state index contributed by atoms with van der Waals surface area (Å²) in [6, 6.07) is 9.97. The van der Waals surface area contributed by atoms with Gasteiger partial charge in [0.1, 0.15) is 0 Å². The first-order valence-electron chi connectivity index (χ1n) is 3.43. The van der Waals surface area contributed by atoms with E-state index in [0.29, 0.717) is 10.3 Å². The van der Waals surface area contributed by atoms with E-state index in [1.807, 2.05) is 30.3 Å². The molecule has 0 aliphatic carbocycles. The Kier molecular flexibility index (Phi) is 4.75. The van der Waals surface area contributed by atoms with Gasteiger partial charge in [0, 0.05) is 0 Å². The molecule has 1 rings (SSSR count). The van der Waals surface area contributed by atoms with Gasteiger partial charge in [0.25, 0.3) is 0 Å². The summed E-state index contributed by atoms with van der Waals surface area (Å²) >= 11 is 0.878. The molecule has 0 aliphatic rings. The second kappa shape index (κ2) is 5.35. The monoisotopic (exact) mass is 272 g/mol. The van der Waals surface area contributed by atoms with Gasteiger partial charge in [-0.25, -0.2) is 0 Å². The predicted octanol–water partition coefficient (Wildman–Crippen LogP) is 0.543. The fourth-order valence-corrected chi connectivity index (χ4v) is 2.69. The zero-order valence-corrected chi connectivity index (χ0v) is 10.7. The molecule has 0 unspecified atom stereocenters. The molecule has 0 N–H and O–H groups in total. The van der Waals surface area contributed by atoms with Gasteiger partial charge in [0.05, 0.1) is 0 Å². The maximum absolute atomic E-state index is 11.1. The molecule has 0 radical (unpaired) electrons. The second-order valence-electron chi connectivity index (χ2n) is 2.24. The topological polar surface area (TPSA) is 17.1 Å². The third-order valence-electron chi connectivity index (χ3n) is 1.42. The average molecular weight is 270 g/mol. The van der Waals surface area contributed by atoms with Gasteiger partial charge >= 0.3 is 90.0 Å². The van der Waals surface area contributed by atoms with Crippen molar-refractivity contribution in [3.05, 3.63) is 35.9 Å². The van der Waals surface area contributed by atoms with Gasteiger partial charge in [0.2, 0.25) is 0 Å². The van der Waals surface area contributed by atoms with E-state index in [0.717, 1.165) is 23.5 Å². The molecule has 0 saturated carbocycles. The Morgan fingerprint density at radius 2 is 2.00 bits per heavy atom. The number of hydrogen-bond acceptors (Lipinski definition) is 1. The number of benzene rings is 1. The number of hydrogen-bond donors (Lipinski definition) is 0. The third kappa shape index (κ3) is 3.73. The Balaban J connectivity index is 2.58. The van der Waals surface area contributed by atoms with Gasteiger partial charge in [0.15, 0.2) is 0 Å². The van der Waals surface area contributed by atoms with Crippen LogP contribution in [0.2, 0.25) is 0 Å². The molecule has 11 heavy (non-hydrogen) atoms. The Labute approximate surface area is 89.0 Å². The van der Waals surface area contributed by atoms with Crippen LogP contribution in [0.15, 0.2) is 30.3 Å². The molecule has 3 heteroatoms. The Bertz CT molecular complexity index is 235. The van der Waals surface area contributed by atoms with E-state index in [9.17, 15) is 4.79 Å². The first-order valence-corrected chi connectivity index (χ1v) is 12.4. The van der Waals surface area contributed by atoms with E-state index >= 15 is 0 Å². The first kappa shape index (κ1) is 9.77. The summed E-state index contributed by atoms with van der Waals surface area (Å²) in [6.07, 6.45) is 0.673. The van der Waals surface area contributed by atoms with Gasteiger partial charge in [-0.15, -0.1) is 0 Å². The summed E-state index contributed by atoms with van der Waals surface area (Å²) in [5.74, 6) is 0. The fourth-order valence-electron chi connectivity index (χ4n) is 0.835. The Morgan fingerprint density at radius 3 is 2.55 bits per heavy atom. The maximum atomic E-state index is 11.1. The van der Waals surface area contributed by atoms with E-state index in [-0.39, 0.29) is 15.5 Å². The molecule has 0 amide bonds. The van der Waals surface area contributed by atoms with E-state index < -0.39 is 0 Å². The molecular formula is C8H7NaOTe. The third-order valence-corrected chi connectivity index (χ3v) is 6.19. The van der Waals surface area contributed by atoms with Crippen LogP contribution in [0, 0.1) is 0 Å². The van der Waals surface area contributed by atoms with Crippen LogP contribution in [-0.4, -0.2) is 42.9 Å². The van der Waals surface area contributed by atoms with Crippen molar-refractivity contribution in [3.8, 4) is 0 Å². The first-order chi connectivity index (χ1) is 5.33. The van der Waals surface area contributed by atoms with Crippen LogP contribution in [0.3, 0.4) is 0 Å². The van der Waals surface area contributed by atoms with Crippen LogP contribution >= 0.6 is 0 Å².